The van der Waals surface area contributed by atoms with E-state index in [1.165, 1.54) is 14.0 Å². The van der Waals surface area contributed by atoms with E-state index in [4.69, 9.17) is 38.5 Å². The monoisotopic (exact) mass is 857 g/mol. The molecule has 0 aliphatic heterocycles. The predicted molar refractivity (Wildman–Crippen MR) is 220 cm³/mol. The van der Waals surface area contributed by atoms with Crippen LogP contribution in [-0.2, 0) is 43.1 Å². The Morgan fingerprint density at radius 2 is 0.950 bits per heavy atom. The van der Waals surface area contributed by atoms with Gasteiger partial charge in [0.15, 0.2) is 11.9 Å². The fraction of sp³-hybridized carbons (Fsp3) is 0.722. The van der Waals surface area contributed by atoms with Crippen molar-refractivity contribution in [3.63, 3.8) is 0 Å². The van der Waals surface area contributed by atoms with Gasteiger partial charge in [-0.15, -0.1) is 0 Å². The molecule has 0 aromatic carbocycles. The van der Waals surface area contributed by atoms with Crippen LogP contribution in [0, 0.1) is 22.7 Å². The van der Waals surface area contributed by atoms with E-state index in [0.29, 0.717) is 0 Å². The fourth-order valence-corrected chi connectivity index (χ4v) is 5.54. The number of amides is 7. The zero-order chi connectivity index (χ0) is 46.1. The molecule has 0 aliphatic carbocycles. The van der Waals surface area contributed by atoms with Crippen molar-refractivity contribution in [1.29, 1.82) is 10.8 Å². The summed E-state index contributed by atoms with van der Waals surface area (Å²) in [5, 5.41) is 44.3. The number of hydrogen-bond donors (Lipinski definition) is 15. The lowest BCUT2D eigenvalue weighted by Gasteiger charge is -2.28. The molecule has 0 aromatic heterocycles. The van der Waals surface area contributed by atoms with E-state index in [9.17, 15) is 43.5 Å². The van der Waals surface area contributed by atoms with E-state index >= 15 is 0 Å². The van der Waals surface area contributed by atoms with Crippen molar-refractivity contribution in [3.05, 3.63) is 0 Å². The van der Waals surface area contributed by atoms with Crippen molar-refractivity contribution in [2.24, 2.45) is 34.8 Å². The SMILES string of the molecule is COC(=O)C(CC(C)C)NC(=O)C(CCCNC(=N)N)NC(=O)C(CCC(N)=O)NC(=O)C(CC(C)C)NC(=O)C(CCCNC(=N)N)NC(=O)C(C)NC(=O)C(N)CO. The molecule has 0 aromatic rings. The minimum absolute atomic E-state index is 0.0124. The van der Waals surface area contributed by atoms with Gasteiger partial charge >= 0.3 is 5.97 Å². The van der Waals surface area contributed by atoms with Gasteiger partial charge in [-0.3, -0.25) is 44.4 Å². The van der Waals surface area contributed by atoms with Crippen LogP contribution in [0.25, 0.3) is 0 Å². The van der Waals surface area contributed by atoms with Gasteiger partial charge in [-0.1, -0.05) is 27.7 Å². The molecule has 19 N–H and O–H groups in total. The number of primary amides is 1. The predicted octanol–water partition coefficient (Wildman–Crippen LogP) is -4.71. The van der Waals surface area contributed by atoms with E-state index in [1.54, 1.807) is 13.8 Å². The lowest BCUT2D eigenvalue weighted by Crippen LogP contribution is -2.60. The van der Waals surface area contributed by atoms with Crippen LogP contribution in [0.1, 0.15) is 86.0 Å². The number of aliphatic hydroxyl groups is 1. The van der Waals surface area contributed by atoms with Crippen LogP contribution in [0.2, 0.25) is 0 Å². The first-order chi connectivity index (χ1) is 28.0. The normalized spacial score (nSPS) is 14.4. The summed E-state index contributed by atoms with van der Waals surface area (Å²) < 4.78 is 4.84. The molecule has 0 spiro atoms. The first-order valence-electron chi connectivity index (χ1n) is 19.7. The Labute approximate surface area is 350 Å². The maximum absolute atomic E-state index is 13.9. The second-order valence-electron chi connectivity index (χ2n) is 15.1. The minimum Gasteiger partial charge on any atom is -0.467 e. The number of esters is 1. The van der Waals surface area contributed by atoms with Crippen LogP contribution < -0.4 is 65.5 Å². The number of nitrogens with one attached hydrogen (secondary N) is 10. The molecule has 0 aliphatic rings. The summed E-state index contributed by atoms with van der Waals surface area (Å²) in [6.07, 6.45) is -0.0113. The van der Waals surface area contributed by atoms with Gasteiger partial charge in [-0.2, -0.15) is 0 Å². The van der Waals surface area contributed by atoms with Crippen LogP contribution in [0.4, 0.5) is 0 Å². The molecular formula is C36H68N14O10. The number of hydrogen-bond acceptors (Lipinski definition) is 13. The van der Waals surface area contributed by atoms with E-state index in [0.717, 1.165) is 0 Å². The number of aliphatic hydroxyl groups excluding tert-OH is 1. The van der Waals surface area contributed by atoms with Gasteiger partial charge < -0.3 is 75.3 Å². The number of rotatable bonds is 29. The Bertz CT molecular complexity index is 1480. The molecule has 7 amide bonds. The van der Waals surface area contributed by atoms with Gasteiger partial charge in [0, 0.05) is 19.5 Å². The first kappa shape index (κ1) is 54.2. The van der Waals surface area contributed by atoms with E-state index in [1.807, 2.05) is 13.8 Å². The van der Waals surface area contributed by atoms with E-state index in [2.05, 4.69) is 42.5 Å². The molecule has 0 radical (unpaired) electrons. The Hall–Kier alpha value is -5.78. The number of guanidine groups is 2. The summed E-state index contributed by atoms with van der Waals surface area (Å²) in [5.41, 5.74) is 21.6. The van der Waals surface area contributed by atoms with Crippen LogP contribution in [-0.4, -0.2) is 133 Å². The summed E-state index contributed by atoms with van der Waals surface area (Å²) in [7, 11) is 1.17. The highest BCUT2D eigenvalue weighted by Crippen LogP contribution is 2.11. The number of methoxy groups -OCH3 is 1. The molecule has 0 heterocycles. The van der Waals surface area contributed by atoms with Crippen molar-refractivity contribution in [2.75, 3.05) is 26.8 Å². The molecule has 7 unspecified atom stereocenters. The van der Waals surface area contributed by atoms with Gasteiger partial charge in [-0.05, 0) is 63.7 Å². The maximum atomic E-state index is 13.9. The third-order valence-electron chi connectivity index (χ3n) is 8.68. The quantitative estimate of drug-likeness (QED) is 0.0145. The smallest absolute Gasteiger partial charge is 0.328 e. The summed E-state index contributed by atoms with van der Waals surface area (Å²) >= 11 is 0. The standard InChI is InChI=1S/C36H68N14O10/c1-18(2)15-25(49-30(55)22(9-7-13-43-35(39)40)46-28(53)20(5)45-29(54)21(37)17-51)33(58)48-24(11-12-27(38)52)32(57)47-23(10-8-14-44-36(41)42)31(56)50-26(16-19(3)4)34(59)60-6/h18-26,51H,7-17,37H2,1-6H3,(H2,38,52)(H,45,54)(H,46,53)(H,47,57)(H,48,58)(H,49,55)(H,50,56)(H4,39,40,43)(H4,41,42,44). The highest BCUT2D eigenvalue weighted by Gasteiger charge is 2.34. The van der Waals surface area contributed by atoms with Crippen molar-refractivity contribution in [1.82, 2.24) is 42.5 Å². The number of carbonyl (C=O) groups is 8. The number of carbonyl (C=O) groups excluding carboxylic acids is 8. The van der Waals surface area contributed by atoms with Crippen molar-refractivity contribution >= 4 is 59.2 Å². The molecule has 24 heteroatoms. The van der Waals surface area contributed by atoms with Crippen LogP contribution in [0.3, 0.4) is 0 Å². The zero-order valence-corrected chi connectivity index (χ0v) is 35.4. The minimum atomic E-state index is -1.46. The molecule has 0 fully saturated rings. The van der Waals surface area contributed by atoms with Crippen LogP contribution in [0.5, 0.6) is 0 Å². The Balaban J connectivity index is 6.50. The highest BCUT2D eigenvalue weighted by atomic mass is 16.5. The summed E-state index contributed by atoms with van der Waals surface area (Å²) in [6.45, 7) is 8.15. The lowest BCUT2D eigenvalue weighted by atomic mass is 10.0. The molecule has 0 rings (SSSR count). The van der Waals surface area contributed by atoms with E-state index in [-0.39, 0.29) is 88.2 Å². The summed E-state index contributed by atoms with van der Waals surface area (Å²) in [6, 6.07) is -8.87. The van der Waals surface area contributed by atoms with Crippen LogP contribution >= 0.6 is 0 Å². The van der Waals surface area contributed by atoms with Gasteiger partial charge in [0.1, 0.15) is 42.3 Å². The number of ether oxygens (including phenoxy) is 1. The molecule has 342 valence electrons. The van der Waals surface area contributed by atoms with Gasteiger partial charge in [-0.25, -0.2) is 4.79 Å². The molecule has 0 bridgehead atoms. The highest BCUT2D eigenvalue weighted by molar-refractivity contribution is 5.97. The van der Waals surface area contributed by atoms with Gasteiger partial charge in [0.05, 0.1) is 13.7 Å². The molecular weight excluding hydrogens is 788 g/mol. The van der Waals surface area contributed by atoms with Crippen molar-refractivity contribution in [3.8, 4) is 0 Å². The van der Waals surface area contributed by atoms with E-state index < -0.39 is 96.2 Å². The largest absolute Gasteiger partial charge is 0.467 e. The summed E-state index contributed by atoms with van der Waals surface area (Å²) in [4.78, 5) is 105. The lowest BCUT2D eigenvalue weighted by molar-refractivity contribution is -0.146. The molecule has 7 atom stereocenters. The van der Waals surface area contributed by atoms with Crippen LogP contribution in [0.15, 0.2) is 0 Å². The topological polar surface area (TPSA) is 414 Å². The third-order valence-corrected chi connectivity index (χ3v) is 8.68. The Kier molecular flexibility index (Phi) is 25.9. The van der Waals surface area contributed by atoms with Gasteiger partial charge in [0.2, 0.25) is 41.4 Å². The van der Waals surface area contributed by atoms with Crippen molar-refractivity contribution < 1.29 is 48.2 Å². The molecule has 60 heavy (non-hydrogen) atoms. The summed E-state index contributed by atoms with van der Waals surface area (Å²) in [5.74, 6) is -7.29. The third kappa shape index (κ3) is 23.0. The molecule has 24 nitrogen and oxygen atoms in total. The second-order valence-corrected chi connectivity index (χ2v) is 15.1. The average molecular weight is 857 g/mol. The Morgan fingerprint density at radius 3 is 1.35 bits per heavy atom. The second kappa shape index (κ2) is 28.6. The number of nitrogens with two attached hydrogens (primary N) is 4. The maximum Gasteiger partial charge on any atom is 0.328 e. The molecule has 0 saturated heterocycles. The first-order valence-corrected chi connectivity index (χ1v) is 19.7. The molecule has 0 saturated carbocycles. The fourth-order valence-electron chi connectivity index (χ4n) is 5.54. The zero-order valence-electron chi connectivity index (χ0n) is 35.4. The average Bonchev–Trinajstić information content (AvgIpc) is 3.16. The Morgan fingerprint density at radius 1 is 0.567 bits per heavy atom. The van der Waals surface area contributed by atoms with Crippen molar-refractivity contribution in [2.45, 2.75) is 128 Å². The van der Waals surface area contributed by atoms with Gasteiger partial charge in [0.25, 0.3) is 0 Å².